The van der Waals surface area contributed by atoms with E-state index in [0.29, 0.717) is 5.82 Å². The van der Waals surface area contributed by atoms with E-state index in [0.717, 1.165) is 29.1 Å². The summed E-state index contributed by atoms with van der Waals surface area (Å²) in [6.07, 6.45) is 4.12. The van der Waals surface area contributed by atoms with Crippen molar-refractivity contribution in [3.8, 4) is 17.0 Å². The maximum atomic E-state index is 9.82. The number of imidazole rings is 1. The Labute approximate surface area is 173 Å². The first-order valence-electron chi connectivity index (χ1n) is 9.65. The van der Waals surface area contributed by atoms with Crippen LogP contribution in [0.25, 0.3) is 16.9 Å². The van der Waals surface area contributed by atoms with Crippen molar-refractivity contribution in [3.63, 3.8) is 0 Å². The molecule has 2 aromatic carbocycles. The van der Waals surface area contributed by atoms with Gasteiger partial charge in [0.25, 0.3) is 0 Å². The molecular formula is C23H20N4O3. The van der Waals surface area contributed by atoms with Crippen LogP contribution in [0.3, 0.4) is 0 Å². The number of ether oxygens (including phenoxy) is 2. The predicted octanol–water partition coefficient (Wildman–Crippen LogP) is 3.97. The highest BCUT2D eigenvalue weighted by Crippen LogP contribution is 2.25. The lowest BCUT2D eigenvalue weighted by atomic mass is 10.0. The summed E-state index contributed by atoms with van der Waals surface area (Å²) in [5.41, 5.74) is 3.53. The standard InChI is InChI=1S/C23H20N4O3/c28-18-8-4-7-17(12-18)20-13-24-23-10-9-22(26-27(20)23)25-19(21-14-29-15-30-21)11-16-5-2-1-3-6-16/h1-10,12-14,19,28H,11,15H2,(H,25,26). The van der Waals surface area contributed by atoms with Crippen LogP contribution in [-0.4, -0.2) is 32.5 Å². The molecule has 3 heterocycles. The first-order chi connectivity index (χ1) is 14.8. The lowest BCUT2D eigenvalue weighted by Crippen LogP contribution is -2.26. The zero-order chi connectivity index (χ0) is 20.3. The van der Waals surface area contributed by atoms with E-state index in [-0.39, 0.29) is 18.6 Å². The zero-order valence-electron chi connectivity index (χ0n) is 16.1. The van der Waals surface area contributed by atoms with E-state index in [1.807, 2.05) is 36.4 Å². The van der Waals surface area contributed by atoms with E-state index in [2.05, 4.69) is 22.4 Å². The van der Waals surface area contributed by atoms with E-state index in [1.54, 1.807) is 35.2 Å². The summed E-state index contributed by atoms with van der Waals surface area (Å²) < 4.78 is 12.7. The van der Waals surface area contributed by atoms with Crippen LogP contribution in [0.4, 0.5) is 5.82 Å². The molecule has 2 aromatic heterocycles. The van der Waals surface area contributed by atoms with Gasteiger partial charge in [0, 0.05) is 5.56 Å². The number of nitrogens with zero attached hydrogens (tertiary/aromatic N) is 3. The lowest BCUT2D eigenvalue weighted by molar-refractivity contribution is 0.0764. The Kier molecular flexibility index (Phi) is 4.69. The molecule has 0 aliphatic carbocycles. The zero-order valence-corrected chi connectivity index (χ0v) is 16.1. The Morgan fingerprint density at radius 2 is 1.97 bits per heavy atom. The normalized spacial score (nSPS) is 14.1. The van der Waals surface area contributed by atoms with Crippen LogP contribution in [-0.2, 0) is 15.9 Å². The van der Waals surface area contributed by atoms with Crippen molar-refractivity contribution in [2.45, 2.75) is 12.5 Å². The van der Waals surface area contributed by atoms with Crippen molar-refractivity contribution in [1.29, 1.82) is 0 Å². The van der Waals surface area contributed by atoms with Crippen LogP contribution in [0.1, 0.15) is 5.56 Å². The maximum absolute atomic E-state index is 9.82. The molecule has 30 heavy (non-hydrogen) atoms. The third kappa shape index (κ3) is 3.65. The van der Waals surface area contributed by atoms with E-state index in [4.69, 9.17) is 14.6 Å². The lowest BCUT2D eigenvalue weighted by Gasteiger charge is -2.19. The fraction of sp³-hybridized carbons (Fsp3) is 0.130. The highest BCUT2D eigenvalue weighted by atomic mass is 16.7. The van der Waals surface area contributed by atoms with E-state index in [1.165, 1.54) is 5.56 Å². The van der Waals surface area contributed by atoms with Gasteiger partial charge < -0.3 is 19.9 Å². The summed E-state index contributed by atoms with van der Waals surface area (Å²) in [5, 5.41) is 18.0. The minimum atomic E-state index is -0.132. The van der Waals surface area contributed by atoms with Gasteiger partial charge in [-0.3, -0.25) is 0 Å². The van der Waals surface area contributed by atoms with Gasteiger partial charge in [-0.1, -0.05) is 42.5 Å². The van der Waals surface area contributed by atoms with Crippen LogP contribution in [0.5, 0.6) is 5.75 Å². The number of nitrogens with one attached hydrogen (secondary N) is 1. The van der Waals surface area contributed by atoms with E-state index >= 15 is 0 Å². The Bertz CT molecular complexity index is 1200. The minimum Gasteiger partial charge on any atom is -0.508 e. The number of hydrogen-bond acceptors (Lipinski definition) is 6. The van der Waals surface area contributed by atoms with Gasteiger partial charge in [0.1, 0.15) is 17.8 Å². The molecular weight excluding hydrogens is 380 g/mol. The average molecular weight is 400 g/mol. The Balaban J connectivity index is 1.47. The Morgan fingerprint density at radius 3 is 2.77 bits per heavy atom. The topological polar surface area (TPSA) is 80.9 Å². The van der Waals surface area contributed by atoms with Crippen LogP contribution in [0.2, 0.25) is 0 Å². The van der Waals surface area contributed by atoms with Crippen molar-refractivity contribution in [2.75, 3.05) is 12.1 Å². The van der Waals surface area contributed by atoms with Gasteiger partial charge in [0.05, 0.1) is 17.9 Å². The van der Waals surface area contributed by atoms with Gasteiger partial charge in [0.2, 0.25) is 6.79 Å². The molecule has 0 radical (unpaired) electrons. The van der Waals surface area contributed by atoms with E-state index in [9.17, 15) is 5.11 Å². The summed E-state index contributed by atoms with van der Waals surface area (Å²) in [5.74, 6) is 1.61. The van der Waals surface area contributed by atoms with Gasteiger partial charge in [-0.2, -0.15) is 0 Å². The fourth-order valence-corrected chi connectivity index (χ4v) is 3.50. The molecule has 0 amide bonds. The largest absolute Gasteiger partial charge is 0.508 e. The Hall–Kier alpha value is -4.00. The number of anilines is 1. The summed E-state index contributed by atoms with van der Waals surface area (Å²) in [6.45, 7) is 0.220. The monoisotopic (exact) mass is 400 g/mol. The SMILES string of the molecule is Oc1cccc(-c2cnc3ccc(NC(Cc4ccccc4)C4=COCO4)nn23)c1. The molecule has 150 valence electrons. The van der Waals surface area contributed by atoms with Gasteiger partial charge in [-0.15, -0.1) is 5.10 Å². The number of rotatable bonds is 6. The number of benzene rings is 2. The van der Waals surface area contributed by atoms with Gasteiger partial charge in [-0.05, 0) is 36.2 Å². The van der Waals surface area contributed by atoms with Gasteiger partial charge >= 0.3 is 0 Å². The maximum Gasteiger partial charge on any atom is 0.229 e. The van der Waals surface area contributed by atoms with Crippen molar-refractivity contribution < 1.29 is 14.6 Å². The highest BCUT2D eigenvalue weighted by Gasteiger charge is 2.21. The van der Waals surface area contributed by atoms with Crippen molar-refractivity contribution >= 4 is 11.5 Å². The first-order valence-corrected chi connectivity index (χ1v) is 9.65. The molecule has 1 unspecified atom stereocenters. The molecule has 0 bridgehead atoms. The fourth-order valence-electron chi connectivity index (χ4n) is 3.50. The summed E-state index contributed by atoms with van der Waals surface area (Å²) in [4.78, 5) is 4.43. The molecule has 4 aromatic rings. The van der Waals surface area contributed by atoms with Crippen LogP contribution in [0.15, 0.2) is 84.9 Å². The number of phenols is 1. The van der Waals surface area contributed by atoms with Crippen molar-refractivity contribution in [3.05, 3.63) is 90.5 Å². The number of phenolic OH excluding ortho intramolecular Hbond substituents is 1. The summed E-state index contributed by atoms with van der Waals surface area (Å²) in [6, 6.07) is 20.9. The van der Waals surface area contributed by atoms with Crippen molar-refractivity contribution in [1.82, 2.24) is 14.6 Å². The quantitative estimate of drug-likeness (QED) is 0.510. The second-order valence-electron chi connectivity index (χ2n) is 7.02. The smallest absolute Gasteiger partial charge is 0.229 e. The molecule has 0 fully saturated rings. The van der Waals surface area contributed by atoms with E-state index < -0.39 is 0 Å². The number of aromatic hydroxyl groups is 1. The molecule has 7 nitrogen and oxygen atoms in total. The van der Waals surface area contributed by atoms with Gasteiger partial charge in [0.15, 0.2) is 11.4 Å². The number of fused-ring (bicyclic) bond motifs is 1. The molecule has 1 aliphatic heterocycles. The van der Waals surface area contributed by atoms with Gasteiger partial charge in [-0.25, -0.2) is 9.50 Å². The third-order valence-corrected chi connectivity index (χ3v) is 4.95. The third-order valence-electron chi connectivity index (χ3n) is 4.95. The highest BCUT2D eigenvalue weighted by molar-refractivity contribution is 5.65. The molecule has 1 aliphatic rings. The predicted molar refractivity (Wildman–Crippen MR) is 113 cm³/mol. The molecule has 7 heteroatoms. The summed E-state index contributed by atoms with van der Waals surface area (Å²) in [7, 11) is 0. The molecule has 0 saturated heterocycles. The second-order valence-corrected chi connectivity index (χ2v) is 7.02. The van der Waals surface area contributed by atoms with Crippen molar-refractivity contribution in [2.24, 2.45) is 0 Å². The molecule has 1 atom stereocenters. The Morgan fingerprint density at radius 1 is 1.07 bits per heavy atom. The second kappa shape index (κ2) is 7.79. The first kappa shape index (κ1) is 18.1. The van der Waals surface area contributed by atoms with Crippen LogP contribution >= 0.6 is 0 Å². The summed E-state index contributed by atoms with van der Waals surface area (Å²) >= 11 is 0. The minimum absolute atomic E-state index is 0.132. The number of aromatic nitrogens is 3. The molecule has 2 N–H and O–H groups in total. The van der Waals surface area contributed by atoms with Crippen LogP contribution in [0, 0.1) is 0 Å². The molecule has 0 saturated carbocycles. The number of hydrogen-bond donors (Lipinski definition) is 2. The molecule has 5 rings (SSSR count). The molecule has 0 spiro atoms. The average Bonchev–Trinajstić information content (AvgIpc) is 3.44. The van der Waals surface area contributed by atoms with Crippen LogP contribution < -0.4 is 5.32 Å².